The van der Waals surface area contributed by atoms with E-state index in [-0.39, 0.29) is 0 Å². The van der Waals surface area contributed by atoms with E-state index >= 15 is 0 Å². The molecule has 0 fully saturated rings. The summed E-state index contributed by atoms with van der Waals surface area (Å²) < 4.78 is 0. The summed E-state index contributed by atoms with van der Waals surface area (Å²) in [4.78, 5) is 2.50. The Hall–Kier alpha value is -8.52. The largest absolute Gasteiger partial charge is 0.309 e. The minimum atomic E-state index is -0.526. The zero-order chi connectivity index (χ0) is 43.9. The number of hydrogen-bond acceptors (Lipinski definition) is 1. The van der Waals surface area contributed by atoms with Crippen LogP contribution in [0.15, 0.2) is 273 Å². The van der Waals surface area contributed by atoms with Gasteiger partial charge >= 0.3 is 0 Å². The molecule has 0 bridgehead atoms. The van der Waals surface area contributed by atoms with Gasteiger partial charge in [0.1, 0.15) is 0 Å². The first-order valence-electron chi connectivity index (χ1n) is 22.8. The number of rotatable bonds is 9. The van der Waals surface area contributed by atoms with Crippen LogP contribution in [0.5, 0.6) is 0 Å². The van der Waals surface area contributed by atoms with Gasteiger partial charge in [-0.25, -0.2) is 0 Å². The second kappa shape index (κ2) is 16.6. The van der Waals surface area contributed by atoms with Crippen LogP contribution in [0.3, 0.4) is 0 Å². The van der Waals surface area contributed by atoms with Crippen molar-refractivity contribution in [2.75, 3.05) is 4.90 Å². The minimum absolute atomic E-state index is 0.526. The fraction of sp³-hybridized carbons (Fsp3) is 0.0154. The minimum Gasteiger partial charge on any atom is -0.309 e. The predicted molar refractivity (Wildman–Crippen MR) is 278 cm³/mol. The summed E-state index contributed by atoms with van der Waals surface area (Å²) in [5.74, 6) is 0. The van der Waals surface area contributed by atoms with Crippen LogP contribution in [0.4, 0.5) is 17.1 Å². The number of hydrogen-bond donors (Lipinski definition) is 0. The van der Waals surface area contributed by atoms with Gasteiger partial charge in [-0.15, -0.1) is 0 Å². The second-order valence-electron chi connectivity index (χ2n) is 17.2. The summed E-state index contributed by atoms with van der Waals surface area (Å²) in [6, 6.07) is 100. The van der Waals surface area contributed by atoms with E-state index in [1.807, 2.05) is 0 Å². The third-order valence-corrected chi connectivity index (χ3v) is 13.6. The van der Waals surface area contributed by atoms with Crippen molar-refractivity contribution in [3.05, 3.63) is 295 Å². The molecule has 1 aliphatic rings. The van der Waals surface area contributed by atoms with E-state index in [0.717, 1.165) is 28.2 Å². The normalized spacial score (nSPS) is 12.4. The van der Waals surface area contributed by atoms with Crippen LogP contribution in [0.1, 0.15) is 22.3 Å². The van der Waals surface area contributed by atoms with Gasteiger partial charge in [0, 0.05) is 16.8 Å². The topological polar surface area (TPSA) is 3.24 Å². The average molecular weight is 840 g/mol. The van der Waals surface area contributed by atoms with Crippen molar-refractivity contribution < 1.29 is 0 Å². The van der Waals surface area contributed by atoms with E-state index in [0.29, 0.717) is 0 Å². The Bertz CT molecular complexity index is 3460. The molecule has 66 heavy (non-hydrogen) atoms. The molecule has 0 amide bonds. The molecule has 0 spiro atoms. The SMILES string of the molecule is c1ccc(-c2ccc(-c3ccccc3N(c3ccc(-c4cccc(-c5cccc6ccccc56)c4)cc3)c3cccc4c3-c3ccccc3C4(c3ccccc3)c3ccccc3)cc2)cc1. The highest BCUT2D eigenvalue weighted by molar-refractivity contribution is 6.00. The fourth-order valence-electron chi connectivity index (χ4n) is 10.6. The maximum absolute atomic E-state index is 2.50. The number of nitrogens with zero attached hydrogens (tertiary/aromatic N) is 1. The molecule has 310 valence electrons. The van der Waals surface area contributed by atoms with Crippen LogP contribution in [0.2, 0.25) is 0 Å². The van der Waals surface area contributed by atoms with E-state index in [1.165, 1.54) is 77.5 Å². The Morgan fingerprint density at radius 3 is 1.50 bits per heavy atom. The van der Waals surface area contributed by atoms with Crippen LogP contribution in [-0.4, -0.2) is 0 Å². The zero-order valence-corrected chi connectivity index (χ0v) is 36.4. The van der Waals surface area contributed by atoms with Crippen LogP contribution < -0.4 is 4.90 Å². The third-order valence-electron chi connectivity index (χ3n) is 13.6. The van der Waals surface area contributed by atoms with E-state index in [4.69, 9.17) is 0 Å². The van der Waals surface area contributed by atoms with E-state index < -0.39 is 5.41 Å². The third kappa shape index (κ3) is 6.56. The first-order chi connectivity index (χ1) is 32.8. The van der Waals surface area contributed by atoms with Crippen molar-refractivity contribution in [3.8, 4) is 55.6 Å². The molecule has 0 saturated carbocycles. The van der Waals surface area contributed by atoms with Crippen molar-refractivity contribution in [2.24, 2.45) is 0 Å². The Morgan fingerprint density at radius 2 is 0.742 bits per heavy atom. The molecule has 0 heterocycles. The number of benzene rings is 11. The quantitative estimate of drug-likeness (QED) is 0.140. The van der Waals surface area contributed by atoms with Gasteiger partial charge in [-0.05, 0) is 108 Å². The van der Waals surface area contributed by atoms with E-state index in [1.54, 1.807) is 0 Å². The molecule has 0 aromatic heterocycles. The molecule has 1 heteroatoms. The highest BCUT2D eigenvalue weighted by Gasteiger charge is 2.47. The molecule has 0 unspecified atom stereocenters. The fourth-order valence-corrected chi connectivity index (χ4v) is 10.6. The Balaban J connectivity index is 1.05. The molecule has 12 rings (SSSR count). The first kappa shape index (κ1) is 39.1. The first-order valence-corrected chi connectivity index (χ1v) is 22.8. The molecule has 11 aromatic rings. The molecule has 0 atom stereocenters. The van der Waals surface area contributed by atoms with Gasteiger partial charge in [-0.3, -0.25) is 0 Å². The Labute approximate surface area is 387 Å². The van der Waals surface area contributed by atoms with E-state index in [9.17, 15) is 0 Å². The lowest BCUT2D eigenvalue weighted by molar-refractivity contribution is 0.768. The zero-order valence-electron chi connectivity index (χ0n) is 36.4. The lowest BCUT2D eigenvalue weighted by Gasteiger charge is -2.34. The summed E-state index contributed by atoms with van der Waals surface area (Å²) in [5.41, 5.74) is 19.9. The monoisotopic (exact) mass is 839 g/mol. The van der Waals surface area contributed by atoms with Crippen molar-refractivity contribution >= 4 is 27.8 Å². The molecule has 0 N–H and O–H groups in total. The molecule has 0 saturated heterocycles. The lowest BCUT2D eigenvalue weighted by Crippen LogP contribution is -2.28. The molecule has 0 radical (unpaired) electrons. The van der Waals surface area contributed by atoms with Gasteiger partial charge in [0.25, 0.3) is 0 Å². The van der Waals surface area contributed by atoms with Crippen LogP contribution in [0.25, 0.3) is 66.4 Å². The van der Waals surface area contributed by atoms with Crippen molar-refractivity contribution in [3.63, 3.8) is 0 Å². The summed E-state index contributed by atoms with van der Waals surface area (Å²) >= 11 is 0. The van der Waals surface area contributed by atoms with Crippen LogP contribution in [0, 0.1) is 0 Å². The van der Waals surface area contributed by atoms with E-state index in [2.05, 4.69) is 278 Å². The predicted octanol–water partition coefficient (Wildman–Crippen LogP) is 17.3. The van der Waals surface area contributed by atoms with Gasteiger partial charge in [-0.1, -0.05) is 243 Å². The molecular weight excluding hydrogens is 795 g/mol. The van der Waals surface area contributed by atoms with Crippen molar-refractivity contribution in [2.45, 2.75) is 5.41 Å². The van der Waals surface area contributed by atoms with Gasteiger partial charge in [0.15, 0.2) is 0 Å². The van der Waals surface area contributed by atoms with Crippen molar-refractivity contribution in [1.82, 2.24) is 0 Å². The Kier molecular flexibility index (Phi) is 9.81. The molecule has 1 aliphatic carbocycles. The summed E-state index contributed by atoms with van der Waals surface area (Å²) in [5, 5.41) is 2.51. The number of fused-ring (bicyclic) bond motifs is 4. The number of para-hydroxylation sites is 1. The standard InChI is InChI=1S/C65H45N/c1-4-19-46(20-5-1)47-37-39-50(40-38-47)58-30-13-15-35-62(58)66(55-43-41-48(42-44-55)51-23-16-24-52(45-51)57-32-17-22-49-21-10-11-29-56(49)57)63-36-18-34-61-64(63)59-31-12-14-33-60(59)65(61,53-25-6-2-7-26-53)54-27-8-3-9-28-54/h1-45H. The maximum Gasteiger partial charge on any atom is 0.0714 e. The number of anilines is 3. The van der Waals surface area contributed by atoms with Gasteiger partial charge in [0.05, 0.1) is 16.8 Å². The van der Waals surface area contributed by atoms with Gasteiger partial charge in [0.2, 0.25) is 0 Å². The van der Waals surface area contributed by atoms with Gasteiger partial charge < -0.3 is 4.90 Å². The lowest BCUT2D eigenvalue weighted by atomic mass is 9.68. The Morgan fingerprint density at radius 1 is 0.273 bits per heavy atom. The molecule has 11 aromatic carbocycles. The average Bonchev–Trinajstić information content (AvgIpc) is 3.71. The maximum atomic E-state index is 2.50. The van der Waals surface area contributed by atoms with Gasteiger partial charge in [-0.2, -0.15) is 0 Å². The summed E-state index contributed by atoms with van der Waals surface area (Å²) in [7, 11) is 0. The molecule has 0 aliphatic heterocycles. The molecule has 1 nitrogen and oxygen atoms in total. The van der Waals surface area contributed by atoms with Crippen molar-refractivity contribution in [1.29, 1.82) is 0 Å². The molecular formula is C65H45N. The smallest absolute Gasteiger partial charge is 0.0714 e. The van der Waals surface area contributed by atoms with Crippen LogP contribution in [-0.2, 0) is 5.41 Å². The highest BCUT2D eigenvalue weighted by atomic mass is 15.1. The highest BCUT2D eigenvalue weighted by Crippen LogP contribution is 2.60. The second-order valence-corrected chi connectivity index (χ2v) is 17.2. The summed E-state index contributed by atoms with van der Waals surface area (Å²) in [6.45, 7) is 0. The van der Waals surface area contributed by atoms with Crippen LogP contribution >= 0.6 is 0 Å². The summed E-state index contributed by atoms with van der Waals surface area (Å²) in [6.07, 6.45) is 0.